The minimum atomic E-state index is 0. The molecule has 0 heterocycles. The maximum Gasteiger partial charge on any atom is 0.167 e. The van der Waals surface area contributed by atoms with Gasteiger partial charge in [-0.1, -0.05) is 77.3 Å². The summed E-state index contributed by atoms with van der Waals surface area (Å²) in [5, 5.41) is 0. The number of carbonyl (C=O) groups excluding carboxylic acids is 2. The van der Waals surface area contributed by atoms with Gasteiger partial charge in [-0.15, -0.1) is 0 Å². The number of benzene rings is 1. The van der Waals surface area contributed by atoms with Gasteiger partial charge in [0.1, 0.15) is 0 Å². The molecule has 0 aromatic heterocycles. The predicted octanol–water partition coefficient (Wildman–Crippen LogP) is 7.13. The van der Waals surface area contributed by atoms with Crippen LogP contribution in [0, 0.1) is 0 Å². The van der Waals surface area contributed by atoms with Crippen molar-refractivity contribution in [2.24, 2.45) is 0 Å². The Balaban J connectivity index is 0.00000676. The van der Waals surface area contributed by atoms with Gasteiger partial charge in [0.2, 0.25) is 0 Å². The van der Waals surface area contributed by atoms with Crippen LogP contribution in [-0.2, 0) is 6.42 Å². The highest BCUT2D eigenvalue weighted by molar-refractivity contribution is 6.01. The van der Waals surface area contributed by atoms with Crippen molar-refractivity contribution >= 4 is 11.6 Å². The van der Waals surface area contributed by atoms with E-state index in [1.54, 1.807) is 12.1 Å². The molecule has 0 fully saturated rings. The maximum atomic E-state index is 12.6. The summed E-state index contributed by atoms with van der Waals surface area (Å²) in [6, 6.07) is 5.56. The van der Waals surface area contributed by atoms with Gasteiger partial charge in [0.05, 0.1) is 0 Å². The summed E-state index contributed by atoms with van der Waals surface area (Å²) in [6.45, 7) is 11.7. The van der Waals surface area contributed by atoms with Crippen LogP contribution in [0.5, 0.6) is 0 Å². The number of ketones is 2. The highest BCUT2D eigenvalue weighted by atomic mass is 16.1. The lowest BCUT2D eigenvalue weighted by Crippen LogP contribution is -2.08. The van der Waals surface area contributed by atoms with E-state index in [0.29, 0.717) is 6.42 Å². The Labute approximate surface area is 160 Å². The van der Waals surface area contributed by atoms with Crippen LogP contribution in [0.1, 0.15) is 99.3 Å². The molecule has 0 amide bonds. The van der Waals surface area contributed by atoms with Crippen molar-refractivity contribution < 1.29 is 11.0 Å². The second-order valence-corrected chi connectivity index (χ2v) is 7.03. The number of rotatable bonds is 14. The van der Waals surface area contributed by atoms with Crippen LogP contribution in [0.3, 0.4) is 0 Å². The molecule has 0 spiro atoms. The molecule has 0 saturated carbocycles. The van der Waals surface area contributed by atoms with E-state index in [1.807, 2.05) is 19.1 Å². The molecule has 26 heavy (non-hydrogen) atoms. The van der Waals surface area contributed by atoms with E-state index in [1.165, 1.54) is 32.1 Å². The molecular formula is C24H36O2. The summed E-state index contributed by atoms with van der Waals surface area (Å²) in [5.41, 5.74) is 3.19. The smallest absolute Gasteiger partial charge is 0.167 e. The van der Waals surface area contributed by atoms with Gasteiger partial charge in [-0.2, -0.15) is 0 Å². The Morgan fingerprint density at radius 1 is 1.00 bits per heavy atom. The number of allylic oxidation sites excluding steroid dienone is 2. The molecule has 0 unspecified atom stereocenters. The summed E-state index contributed by atoms with van der Waals surface area (Å²) in [6.07, 6.45) is 11.4. The number of carbonyl (C=O) groups is 2. The molecule has 0 aliphatic rings. The van der Waals surface area contributed by atoms with E-state index >= 15 is 0 Å². The third-order valence-electron chi connectivity index (χ3n) is 4.68. The highest BCUT2D eigenvalue weighted by Crippen LogP contribution is 2.20. The fourth-order valence-electron chi connectivity index (χ4n) is 3.09. The predicted molar refractivity (Wildman–Crippen MR) is 113 cm³/mol. The molecule has 2 heteroatoms. The Morgan fingerprint density at radius 2 is 1.69 bits per heavy atom. The zero-order valence-electron chi connectivity index (χ0n) is 16.6. The maximum absolute atomic E-state index is 12.6. The van der Waals surface area contributed by atoms with Crippen molar-refractivity contribution in [1.29, 1.82) is 0 Å². The van der Waals surface area contributed by atoms with Crippen LogP contribution in [-0.4, -0.2) is 11.6 Å². The van der Waals surface area contributed by atoms with Crippen LogP contribution in [0.25, 0.3) is 0 Å². The average molecular weight is 357 g/mol. The molecule has 144 valence electrons. The van der Waals surface area contributed by atoms with Crippen LogP contribution >= 0.6 is 0 Å². The number of hydrogen-bond acceptors (Lipinski definition) is 2. The molecule has 2 nitrogen and oxygen atoms in total. The van der Waals surface area contributed by atoms with Gasteiger partial charge >= 0.3 is 0 Å². The Morgan fingerprint density at radius 3 is 2.35 bits per heavy atom. The lowest BCUT2D eigenvalue weighted by Gasteiger charge is -2.11. The van der Waals surface area contributed by atoms with Crippen LogP contribution in [0.2, 0.25) is 0 Å². The monoisotopic (exact) mass is 356 g/mol. The summed E-state index contributed by atoms with van der Waals surface area (Å²) in [5.74, 6) is 0.219. The summed E-state index contributed by atoms with van der Waals surface area (Å²) in [4.78, 5) is 24.9. The molecule has 0 aliphatic carbocycles. The Hall–Kier alpha value is -1.96. The third kappa shape index (κ3) is 7.51. The standard InChI is InChI=1S/C24H34O2.H2/c1-5-8-9-10-11-12-14-20-18-21(23(25)13-6-2)15-16-22(20)24(26)17-19(4)7-3;/h7,15-16,18H,3-6,8-14,17H2,1-2H3;1H. The molecule has 0 N–H and O–H groups in total. The summed E-state index contributed by atoms with van der Waals surface area (Å²) < 4.78 is 0. The minimum absolute atomic E-state index is 0. The number of hydrogen-bond donors (Lipinski definition) is 0. The average Bonchev–Trinajstić information content (AvgIpc) is 2.64. The van der Waals surface area contributed by atoms with E-state index in [4.69, 9.17) is 0 Å². The van der Waals surface area contributed by atoms with Crippen molar-refractivity contribution in [3.8, 4) is 0 Å². The second kappa shape index (κ2) is 12.4. The molecule has 0 bridgehead atoms. The van der Waals surface area contributed by atoms with E-state index in [2.05, 4.69) is 20.1 Å². The summed E-state index contributed by atoms with van der Waals surface area (Å²) >= 11 is 0. The highest BCUT2D eigenvalue weighted by Gasteiger charge is 2.15. The zero-order chi connectivity index (χ0) is 19.4. The molecule has 1 aromatic rings. The van der Waals surface area contributed by atoms with Crippen LogP contribution < -0.4 is 0 Å². The normalized spacial score (nSPS) is 10.5. The van der Waals surface area contributed by atoms with Gasteiger partial charge in [0, 0.05) is 25.4 Å². The van der Waals surface area contributed by atoms with Crippen molar-refractivity contribution in [2.75, 3.05) is 0 Å². The van der Waals surface area contributed by atoms with Gasteiger partial charge < -0.3 is 0 Å². The van der Waals surface area contributed by atoms with E-state index in [-0.39, 0.29) is 19.4 Å². The van der Waals surface area contributed by atoms with Crippen LogP contribution in [0.4, 0.5) is 0 Å². The fraction of sp³-hybridized carbons (Fsp3) is 0.500. The Kier molecular flexibility index (Phi) is 10.5. The van der Waals surface area contributed by atoms with Gasteiger partial charge in [-0.25, -0.2) is 0 Å². The molecule has 0 aliphatic heterocycles. The van der Waals surface area contributed by atoms with Gasteiger partial charge in [0.25, 0.3) is 0 Å². The first-order valence-electron chi connectivity index (χ1n) is 10.0. The number of unbranched alkanes of at least 4 members (excludes halogenated alkanes) is 5. The van der Waals surface area contributed by atoms with E-state index < -0.39 is 0 Å². The van der Waals surface area contributed by atoms with E-state index in [0.717, 1.165) is 41.5 Å². The Bertz CT molecular complexity index is 631. The quantitative estimate of drug-likeness (QED) is 0.202. The lowest BCUT2D eigenvalue weighted by atomic mass is 9.92. The SMILES string of the molecule is C=CC(=C)CC(=O)c1ccc(C(=O)CCC)cc1CCCCCCCC.[HH]. The fourth-order valence-corrected chi connectivity index (χ4v) is 3.09. The number of aryl methyl sites for hydroxylation is 1. The van der Waals surface area contributed by atoms with Crippen molar-refractivity contribution in [3.05, 3.63) is 59.7 Å². The second-order valence-electron chi connectivity index (χ2n) is 7.03. The summed E-state index contributed by atoms with van der Waals surface area (Å²) in [7, 11) is 0. The van der Waals surface area contributed by atoms with Gasteiger partial charge in [-0.05, 0) is 36.5 Å². The molecule has 0 atom stereocenters. The molecule has 0 saturated heterocycles. The van der Waals surface area contributed by atoms with Crippen molar-refractivity contribution in [2.45, 2.75) is 78.1 Å². The lowest BCUT2D eigenvalue weighted by molar-refractivity contribution is 0.0974. The minimum Gasteiger partial charge on any atom is -0.294 e. The van der Waals surface area contributed by atoms with Gasteiger partial charge in [0.15, 0.2) is 11.6 Å². The van der Waals surface area contributed by atoms with E-state index in [9.17, 15) is 9.59 Å². The van der Waals surface area contributed by atoms with Crippen LogP contribution in [0.15, 0.2) is 43.0 Å². The first-order chi connectivity index (χ1) is 12.5. The van der Waals surface area contributed by atoms with Crippen molar-refractivity contribution in [3.63, 3.8) is 0 Å². The first-order valence-corrected chi connectivity index (χ1v) is 10.0. The third-order valence-corrected chi connectivity index (χ3v) is 4.68. The number of Topliss-reactive ketones (excluding diaryl/α,β-unsaturated/α-hetero) is 2. The molecule has 0 radical (unpaired) electrons. The topological polar surface area (TPSA) is 34.1 Å². The molecule has 1 aromatic carbocycles. The largest absolute Gasteiger partial charge is 0.294 e. The van der Waals surface area contributed by atoms with Gasteiger partial charge in [-0.3, -0.25) is 9.59 Å². The van der Waals surface area contributed by atoms with Crippen molar-refractivity contribution in [1.82, 2.24) is 0 Å². The molecule has 1 rings (SSSR count). The first kappa shape index (κ1) is 22.1. The zero-order valence-corrected chi connectivity index (χ0v) is 16.6. The molecular weight excluding hydrogens is 320 g/mol.